The van der Waals surface area contributed by atoms with Gasteiger partial charge in [-0.3, -0.25) is 4.79 Å². The van der Waals surface area contributed by atoms with Crippen LogP contribution in [0, 0.1) is 5.41 Å². The Balaban J connectivity index is 0.00000341. The fourth-order valence-corrected chi connectivity index (χ4v) is 4.17. The first-order chi connectivity index (χ1) is 14.5. The van der Waals surface area contributed by atoms with Crippen molar-refractivity contribution in [1.82, 2.24) is 25.1 Å². The molecular weight excluding hydrogens is 503 g/mol. The van der Waals surface area contributed by atoms with Crippen LogP contribution in [-0.2, 0) is 17.9 Å². The number of aliphatic imine (C=N–C) groups is 1. The van der Waals surface area contributed by atoms with Gasteiger partial charge in [0.15, 0.2) is 5.96 Å². The van der Waals surface area contributed by atoms with E-state index >= 15 is 0 Å². The maximum Gasteiger partial charge on any atom is 0.230 e. The molecule has 1 aliphatic rings. The van der Waals surface area contributed by atoms with Crippen molar-refractivity contribution in [3.63, 3.8) is 0 Å². The summed E-state index contributed by atoms with van der Waals surface area (Å²) >= 11 is 0. The van der Waals surface area contributed by atoms with Crippen molar-refractivity contribution < 1.29 is 4.79 Å². The molecule has 0 unspecified atom stereocenters. The summed E-state index contributed by atoms with van der Waals surface area (Å²) in [5.41, 5.74) is 2.06. The summed E-state index contributed by atoms with van der Waals surface area (Å²) in [5.74, 6) is 0.978. The van der Waals surface area contributed by atoms with Gasteiger partial charge in [-0.2, -0.15) is 0 Å². The predicted molar refractivity (Wildman–Crippen MR) is 136 cm³/mol. The van der Waals surface area contributed by atoms with Crippen molar-refractivity contribution in [2.24, 2.45) is 10.4 Å². The number of imidazole rings is 1. The van der Waals surface area contributed by atoms with Crippen LogP contribution in [0.25, 0.3) is 0 Å². The van der Waals surface area contributed by atoms with Crippen molar-refractivity contribution in [1.29, 1.82) is 0 Å². The first kappa shape index (κ1) is 25.2. The predicted octanol–water partition coefficient (Wildman–Crippen LogP) is 3.25. The molecule has 1 saturated carbocycles. The Kier molecular flexibility index (Phi) is 9.80. The maximum atomic E-state index is 12.8. The molecular formula is C23H35IN6O. The highest BCUT2D eigenvalue weighted by molar-refractivity contribution is 14.0. The highest BCUT2D eigenvalue weighted by atomic mass is 127. The lowest BCUT2D eigenvalue weighted by Gasteiger charge is -2.31. The number of aromatic nitrogens is 2. The number of guanidine groups is 1. The standard InChI is InChI=1S/C23H34N6O.HI/c1-4-25-22(27-17-23(10-5-6-11-23)21(30)28(2)3)26-15-19-8-7-9-20(14-19)16-29-13-12-24-18-29;/h7-9,12-14,18H,4-6,10-11,15-17H2,1-3H3,(H2,25,26,27);1H. The van der Waals surface area contributed by atoms with E-state index in [4.69, 9.17) is 4.99 Å². The van der Waals surface area contributed by atoms with Crippen molar-refractivity contribution in [3.8, 4) is 0 Å². The number of hydrogen-bond acceptors (Lipinski definition) is 3. The van der Waals surface area contributed by atoms with E-state index < -0.39 is 0 Å². The molecule has 0 aliphatic heterocycles. The fraction of sp³-hybridized carbons (Fsp3) is 0.522. The SMILES string of the molecule is CCNC(=NCc1cccc(Cn2ccnc2)c1)NCC1(C(=O)N(C)C)CCCC1.I. The number of benzene rings is 1. The highest BCUT2D eigenvalue weighted by Crippen LogP contribution is 2.38. The molecule has 0 radical (unpaired) electrons. The molecule has 170 valence electrons. The zero-order valence-electron chi connectivity index (χ0n) is 18.8. The number of hydrogen-bond donors (Lipinski definition) is 2. The average Bonchev–Trinajstić information content (AvgIpc) is 3.42. The van der Waals surface area contributed by atoms with Gasteiger partial charge in [0.25, 0.3) is 0 Å². The van der Waals surface area contributed by atoms with Crippen LogP contribution in [0.5, 0.6) is 0 Å². The molecule has 8 heteroatoms. The van der Waals surface area contributed by atoms with Gasteiger partial charge in [0, 0.05) is 46.1 Å². The first-order valence-corrected chi connectivity index (χ1v) is 10.8. The minimum Gasteiger partial charge on any atom is -0.357 e. The third kappa shape index (κ3) is 6.95. The zero-order chi connectivity index (χ0) is 21.4. The van der Waals surface area contributed by atoms with Crippen LogP contribution in [0.2, 0.25) is 0 Å². The molecule has 0 bridgehead atoms. The number of rotatable bonds is 8. The minimum atomic E-state index is -0.315. The van der Waals surface area contributed by atoms with Crippen LogP contribution >= 0.6 is 24.0 Å². The van der Waals surface area contributed by atoms with E-state index in [1.807, 2.05) is 26.6 Å². The Morgan fingerprint density at radius 3 is 2.61 bits per heavy atom. The maximum absolute atomic E-state index is 12.8. The second kappa shape index (κ2) is 12.1. The largest absolute Gasteiger partial charge is 0.357 e. The van der Waals surface area contributed by atoms with E-state index in [2.05, 4.69) is 51.4 Å². The van der Waals surface area contributed by atoms with E-state index in [0.29, 0.717) is 13.1 Å². The Morgan fingerprint density at radius 2 is 1.97 bits per heavy atom. The summed E-state index contributed by atoms with van der Waals surface area (Å²) in [5, 5.41) is 6.75. The fourth-order valence-electron chi connectivity index (χ4n) is 4.17. The van der Waals surface area contributed by atoms with Crippen LogP contribution in [0.3, 0.4) is 0 Å². The lowest BCUT2D eigenvalue weighted by Crippen LogP contribution is -2.49. The topological polar surface area (TPSA) is 74.5 Å². The van der Waals surface area contributed by atoms with Crippen LogP contribution in [0.15, 0.2) is 48.0 Å². The Labute approximate surface area is 202 Å². The van der Waals surface area contributed by atoms with Gasteiger partial charge in [0.1, 0.15) is 0 Å². The molecule has 0 spiro atoms. The third-order valence-corrected chi connectivity index (χ3v) is 5.69. The second-order valence-corrected chi connectivity index (χ2v) is 8.29. The van der Waals surface area contributed by atoms with Crippen LogP contribution < -0.4 is 10.6 Å². The smallest absolute Gasteiger partial charge is 0.230 e. The van der Waals surface area contributed by atoms with E-state index in [1.165, 1.54) is 5.56 Å². The lowest BCUT2D eigenvalue weighted by molar-refractivity contribution is -0.138. The number of carbonyl (C=O) groups is 1. The van der Waals surface area contributed by atoms with Gasteiger partial charge in [0.2, 0.25) is 5.91 Å². The first-order valence-electron chi connectivity index (χ1n) is 10.8. The Morgan fingerprint density at radius 1 is 1.23 bits per heavy atom. The summed E-state index contributed by atoms with van der Waals surface area (Å²) in [6.07, 6.45) is 9.68. The number of nitrogens with one attached hydrogen (secondary N) is 2. The van der Waals surface area contributed by atoms with Gasteiger partial charge in [-0.1, -0.05) is 37.1 Å². The second-order valence-electron chi connectivity index (χ2n) is 8.29. The van der Waals surface area contributed by atoms with Gasteiger partial charge in [-0.25, -0.2) is 9.98 Å². The highest BCUT2D eigenvalue weighted by Gasteiger charge is 2.42. The molecule has 2 aromatic rings. The quantitative estimate of drug-likeness (QED) is 0.308. The van der Waals surface area contributed by atoms with Crippen molar-refractivity contribution in [3.05, 3.63) is 54.1 Å². The molecule has 31 heavy (non-hydrogen) atoms. The summed E-state index contributed by atoms with van der Waals surface area (Å²) < 4.78 is 2.05. The summed E-state index contributed by atoms with van der Waals surface area (Å²) in [4.78, 5) is 23.4. The Hall–Kier alpha value is -2.10. The number of amides is 1. The van der Waals surface area contributed by atoms with Crippen molar-refractivity contribution >= 4 is 35.8 Å². The minimum absolute atomic E-state index is 0. The molecule has 7 nitrogen and oxygen atoms in total. The lowest BCUT2D eigenvalue weighted by atomic mass is 9.84. The monoisotopic (exact) mass is 538 g/mol. The van der Waals surface area contributed by atoms with Crippen LogP contribution in [0.4, 0.5) is 0 Å². The summed E-state index contributed by atoms with van der Waals surface area (Å²) in [6, 6.07) is 8.47. The van der Waals surface area contributed by atoms with Gasteiger partial charge in [0.05, 0.1) is 18.3 Å². The van der Waals surface area contributed by atoms with E-state index in [0.717, 1.165) is 50.3 Å². The van der Waals surface area contributed by atoms with E-state index in [1.54, 1.807) is 11.1 Å². The van der Waals surface area contributed by atoms with Crippen molar-refractivity contribution in [2.75, 3.05) is 27.2 Å². The van der Waals surface area contributed by atoms with E-state index in [-0.39, 0.29) is 35.3 Å². The van der Waals surface area contributed by atoms with Gasteiger partial charge >= 0.3 is 0 Å². The van der Waals surface area contributed by atoms with Gasteiger partial charge in [-0.05, 0) is 30.9 Å². The molecule has 3 rings (SSSR count). The molecule has 1 fully saturated rings. The third-order valence-electron chi connectivity index (χ3n) is 5.69. The zero-order valence-corrected chi connectivity index (χ0v) is 21.1. The average molecular weight is 538 g/mol. The molecule has 1 aromatic carbocycles. The molecule has 1 heterocycles. The molecule has 1 aliphatic carbocycles. The van der Waals surface area contributed by atoms with E-state index in [9.17, 15) is 4.79 Å². The van der Waals surface area contributed by atoms with Crippen molar-refractivity contribution in [2.45, 2.75) is 45.7 Å². The molecule has 2 N–H and O–H groups in total. The molecule has 0 atom stereocenters. The van der Waals surface area contributed by atoms with Gasteiger partial charge in [-0.15, -0.1) is 24.0 Å². The summed E-state index contributed by atoms with van der Waals surface area (Å²) in [6.45, 7) is 4.84. The molecule has 1 aromatic heterocycles. The van der Waals surface area contributed by atoms with Gasteiger partial charge < -0.3 is 20.1 Å². The normalized spacial score (nSPS) is 15.3. The van der Waals surface area contributed by atoms with Crippen LogP contribution in [-0.4, -0.2) is 53.5 Å². The summed E-state index contributed by atoms with van der Waals surface area (Å²) in [7, 11) is 3.69. The Bertz CT molecular complexity index is 844. The number of carbonyl (C=O) groups excluding carboxylic acids is 1. The molecule has 1 amide bonds. The molecule has 0 saturated heterocycles. The van der Waals surface area contributed by atoms with Crippen LogP contribution in [0.1, 0.15) is 43.7 Å². The number of nitrogens with zero attached hydrogens (tertiary/aromatic N) is 4. The number of halogens is 1.